The summed E-state index contributed by atoms with van der Waals surface area (Å²) in [6.45, 7) is 3.78. The van der Waals surface area contributed by atoms with E-state index < -0.39 is 5.97 Å². The van der Waals surface area contributed by atoms with Crippen LogP contribution in [0.1, 0.15) is 23.5 Å². The molecule has 0 fully saturated rings. The van der Waals surface area contributed by atoms with Gasteiger partial charge in [-0.25, -0.2) is 9.97 Å². The smallest absolute Gasteiger partial charge is 0.303 e. The molecule has 1 aromatic heterocycles. The van der Waals surface area contributed by atoms with E-state index in [9.17, 15) is 4.79 Å². The van der Waals surface area contributed by atoms with Gasteiger partial charge in [-0.15, -0.1) is 0 Å². The van der Waals surface area contributed by atoms with Crippen LogP contribution in [0.15, 0.2) is 30.5 Å². The number of hydrogen-bond donors (Lipinski definition) is 2. The first-order valence-corrected chi connectivity index (χ1v) is 6.42. The molecular weight excluding hydrogens is 254 g/mol. The lowest BCUT2D eigenvalue weighted by atomic mass is 10.1. The molecule has 0 aliphatic carbocycles. The maximum atomic E-state index is 10.5. The molecular formula is C15H17N3O2. The fraction of sp³-hybridized carbons (Fsp3) is 0.267. The number of nitrogens with one attached hydrogen (secondary N) is 1. The molecule has 0 aliphatic heterocycles. The Morgan fingerprint density at radius 3 is 2.55 bits per heavy atom. The van der Waals surface area contributed by atoms with Crippen molar-refractivity contribution in [3.63, 3.8) is 0 Å². The summed E-state index contributed by atoms with van der Waals surface area (Å²) >= 11 is 0. The Balaban J connectivity index is 2.05. The van der Waals surface area contributed by atoms with Gasteiger partial charge in [-0.05, 0) is 38.0 Å². The third-order valence-corrected chi connectivity index (χ3v) is 2.96. The molecule has 0 unspecified atom stereocenters. The monoisotopic (exact) mass is 271 g/mol. The van der Waals surface area contributed by atoms with Crippen LogP contribution in [0.25, 0.3) is 0 Å². The Morgan fingerprint density at radius 2 is 1.95 bits per heavy atom. The number of anilines is 2. The number of nitrogens with zero attached hydrogens (tertiary/aromatic N) is 2. The zero-order valence-electron chi connectivity index (χ0n) is 11.6. The van der Waals surface area contributed by atoms with E-state index in [1.54, 1.807) is 6.20 Å². The number of hydrogen-bond acceptors (Lipinski definition) is 4. The van der Waals surface area contributed by atoms with E-state index in [2.05, 4.69) is 15.3 Å². The van der Waals surface area contributed by atoms with Crippen molar-refractivity contribution in [1.82, 2.24) is 9.97 Å². The summed E-state index contributed by atoms with van der Waals surface area (Å²) in [5, 5.41) is 11.9. The summed E-state index contributed by atoms with van der Waals surface area (Å²) in [5.41, 5.74) is 3.70. The highest BCUT2D eigenvalue weighted by molar-refractivity contribution is 5.67. The molecule has 20 heavy (non-hydrogen) atoms. The van der Waals surface area contributed by atoms with Crippen molar-refractivity contribution in [2.75, 3.05) is 5.32 Å². The van der Waals surface area contributed by atoms with Crippen molar-refractivity contribution >= 4 is 17.3 Å². The highest BCUT2D eigenvalue weighted by Crippen LogP contribution is 2.19. The van der Waals surface area contributed by atoms with E-state index in [0.717, 1.165) is 28.5 Å². The minimum atomic E-state index is -0.778. The fourth-order valence-electron chi connectivity index (χ4n) is 1.87. The maximum Gasteiger partial charge on any atom is 0.303 e. The summed E-state index contributed by atoms with van der Waals surface area (Å²) in [6, 6.07) is 7.71. The zero-order chi connectivity index (χ0) is 14.5. The quantitative estimate of drug-likeness (QED) is 0.874. The van der Waals surface area contributed by atoms with E-state index in [4.69, 9.17) is 5.11 Å². The third-order valence-electron chi connectivity index (χ3n) is 2.96. The molecule has 5 heteroatoms. The van der Waals surface area contributed by atoms with Gasteiger partial charge in [-0.1, -0.05) is 12.1 Å². The average Bonchev–Trinajstić information content (AvgIpc) is 2.41. The number of aryl methyl sites for hydroxylation is 3. The van der Waals surface area contributed by atoms with E-state index in [0.29, 0.717) is 6.42 Å². The van der Waals surface area contributed by atoms with Gasteiger partial charge in [-0.2, -0.15) is 0 Å². The molecule has 0 bridgehead atoms. The largest absolute Gasteiger partial charge is 0.481 e. The molecule has 0 saturated heterocycles. The van der Waals surface area contributed by atoms with Crippen LogP contribution in [0.4, 0.5) is 11.4 Å². The Bertz CT molecular complexity index is 609. The molecule has 2 aromatic rings. The first-order valence-electron chi connectivity index (χ1n) is 6.42. The van der Waals surface area contributed by atoms with Crippen LogP contribution in [0.2, 0.25) is 0 Å². The number of carbonyl (C=O) groups is 1. The molecule has 2 rings (SSSR count). The predicted octanol–water partition coefficient (Wildman–Crippen LogP) is 2.85. The van der Waals surface area contributed by atoms with Gasteiger partial charge < -0.3 is 10.4 Å². The Hall–Kier alpha value is -2.43. The summed E-state index contributed by atoms with van der Waals surface area (Å²) in [6.07, 6.45) is 2.45. The van der Waals surface area contributed by atoms with Crippen molar-refractivity contribution in [3.05, 3.63) is 47.5 Å². The topological polar surface area (TPSA) is 75.1 Å². The lowest BCUT2D eigenvalue weighted by Crippen LogP contribution is -1.99. The van der Waals surface area contributed by atoms with Crippen molar-refractivity contribution in [1.29, 1.82) is 0 Å². The maximum absolute atomic E-state index is 10.5. The van der Waals surface area contributed by atoms with Gasteiger partial charge in [0.25, 0.3) is 0 Å². The van der Waals surface area contributed by atoms with Crippen molar-refractivity contribution in [2.24, 2.45) is 0 Å². The molecule has 104 valence electrons. The third kappa shape index (κ3) is 3.78. The van der Waals surface area contributed by atoms with E-state index >= 15 is 0 Å². The lowest BCUT2D eigenvalue weighted by molar-refractivity contribution is -0.136. The SMILES string of the molecule is Cc1ncc(Nc2ccc(CCC(=O)O)cc2)c(C)n1. The second-order valence-corrected chi connectivity index (χ2v) is 4.63. The minimum absolute atomic E-state index is 0.150. The Labute approximate surface area is 117 Å². The molecule has 1 aromatic carbocycles. The Kier molecular flexibility index (Phi) is 4.30. The highest BCUT2D eigenvalue weighted by atomic mass is 16.4. The molecule has 0 radical (unpaired) electrons. The molecule has 2 N–H and O–H groups in total. The fourth-order valence-corrected chi connectivity index (χ4v) is 1.87. The molecule has 0 spiro atoms. The van der Waals surface area contributed by atoms with Crippen molar-refractivity contribution in [2.45, 2.75) is 26.7 Å². The van der Waals surface area contributed by atoms with Gasteiger partial charge in [0.2, 0.25) is 0 Å². The van der Waals surface area contributed by atoms with Crippen LogP contribution in [0.5, 0.6) is 0 Å². The summed E-state index contributed by atoms with van der Waals surface area (Å²) in [5.74, 6) is -0.0308. The Morgan fingerprint density at radius 1 is 1.25 bits per heavy atom. The van der Waals surface area contributed by atoms with Gasteiger partial charge in [0.1, 0.15) is 5.82 Å². The number of carboxylic acid groups (broad SMARTS) is 1. The summed E-state index contributed by atoms with van der Waals surface area (Å²) in [4.78, 5) is 19.0. The number of rotatable bonds is 5. The molecule has 0 saturated carbocycles. The van der Waals surface area contributed by atoms with Crippen LogP contribution >= 0.6 is 0 Å². The van der Waals surface area contributed by atoms with E-state index in [-0.39, 0.29) is 6.42 Å². The molecule has 0 amide bonds. The highest BCUT2D eigenvalue weighted by Gasteiger charge is 2.03. The molecule has 0 aliphatic rings. The minimum Gasteiger partial charge on any atom is -0.481 e. The molecule has 5 nitrogen and oxygen atoms in total. The normalized spacial score (nSPS) is 10.3. The van der Waals surface area contributed by atoms with Crippen LogP contribution in [-0.4, -0.2) is 21.0 Å². The first-order chi connectivity index (χ1) is 9.54. The van der Waals surface area contributed by atoms with Gasteiger partial charge >= 0.3 is 5.97 Å². The summed E-state index contributed by atoms with van der Waals surface area (Å²) < 4.78 is 0. The summed E-state index contributed by atoms with van der Waals surface area (Å²) in [7, 11) is 0. The predicted molar refractivity (Wildman–Crippen MR) is 77.2 cm³/mol. The lowest BCUT2D eigenvalue weighted by Gasteiger charge is -2.09. The van der Waals surface area contributed by atoms with Crippen molar-refractivity contribution in [3.8, 4) is 0 Å². The second kappa shape index (κ2) is 6.14. The van der Waals surface area contributed by atoms with Crippen LogP contribution in [0.3, 0.4) is 0 Å². The van der Waals surface area contributed by atoms with Crippen LogP contribution in [0, 0.1) is 13.8 Å². The number of aromatic nitrogens is 2. The van der Waals surface area contributed by atoms with Gasteiger partial charge in [0.05, 0.1) is 17.6 Å². The zero-order valence-corrected chi connectivity index (χ0v) is 11.6. The standard InChI is InChI=1S/C15H17N3O2/c1-10-14(9-16-11(2)17-10)18-13-6-3-12(4-7-13)5-8-15(19)20/h3-4,6-7,9,18H,5,8H2,1-2H3,(H,19,20). The van der Waals surface area contributed by atoms with Crippen molar-refractivity contribution < 1.29 is 9.90 Å². The molecule has 0 atom stereocenters. The number of benzene rings is 1. The second-order valence-electron chi connectivity index (χ2n) is 4.63. The van der Waals surface area contributed by atoms with Crippen LogP contribution in [-0.2, 0) is 11.2 Å². The van der Waals surface area contributed by atoms with Gasteiger partial charge in [-0.3, -0.25) is 4.79 Å². The van der Waals surface area contributed by atoms with Crippen LogP contribution < -0.4 is 5.32 Å². The number of carboxylic acids is 1. The van der Waals surface area contributed by atoms with Gasteiger partial charge in [0, 0.05) is 12.1 Å². The van der Waals surface area contributed by atoms with Gasteiger partial charge in [0.15, 0.2) is 0 Å². The number of aliphatic carboxylic acids is 1. The first kappa shape index (κ1) is 14.0. The van der Waals surface area contributed by atoms with E-state index in [1.165, 1.54) is 0 Å². The average molecular weight is 271 g/mol. The molecule has 1 heterocycles. The van der Waals surface area contributed by atoms with E-state index in [1.807, 2.05) is 38.1 Å².